The summed E-state index contributed by atoms with van der Waals surface area (Å²) in [6.07, 6.45) is 1.99. The van der Waals surface area contributed by atoms with Crippen LogP contribution in [-0.2, 0) is 4.74 Å². The molecule has 1 unspecified atom stereocenters. The Hall–Kier alpha value is -3.22. The molecule has 2 heterocycles. The van der Waals surface area contributed by atoms with Gasteiger partial charge in [-0.15, -0.1) is 0 Å². The Labute approximate surface area is 197 Å². The van der Waals surface area contributed by atoms with Gasteiger partial charge in [-0.2, -0.15) is 0 Å². The molecule has 168 valence electrons. The minimum absolute atomic E-state index is 0.0209. The average molecular weight is 459 g/mol. The van der Waals surface area contributed by atoms with Crippen LogP contribution < -0.4 is 9.64 Å². The molecule has 1 atom stereocenters. The van der Waals surface area contributed by atoms with Crippen molar-refractivity contribution in [3.8, 4) is 11.5 Å². The molecule has 1 saturated heterocycles. The summed E-state index contributed by atoms with van der Waals surface area (Å²) in [7, 11) is 0. The third kappa shape index (κ3) is 4.63. The second kappa shape index (κ2) is 9.33. The van der Waals surface area contributed by atoms with E-state index in [0.29, 0.717) is 23.0 Å². The quantitative estimate of drug-likeness (QED) is 0.330. The van der Waals surface area contributed by atoms with Crippen molar-refractivity contribution in [2.75, 3.05) is 18.1 Å². The lowest BCUT2D eigenvalue weighted by molar-refractivity contribution is 0.0917. The Morgan fingerprint density at radius 2 is 1.91 bits per heavy atom. The fourth-order valence-corrected chi connectivity index (χ4v) is 5.08. The molecule has 1 amide bonds. The Balaban J connectivity index is 1.48. The number of amides is 1. The molecule has 0 spiro atoms. The Kier molecular flexibility index (Phi) is 6.11. The number of ether oxygens (including phenoxy) is 2. The molecule has 0 bridgehead atoms. The second-order valence-electron chi connectivity index (χ2n) is 8.34. The zero-order valence-corrected chi connectivity index (χ0v) is 19.6. The van der Waals surface area contributed by atoms with E-state index in [0.717, 1.165) is 41.0 Å². The van der Waals surface area contributed by atoms with E-state index in [2.05, 4.69) is 26.0 Å². The van der Waals surface area contributed by atoms with Gasteiger partial charge in [0.05, 0.1) is 22.9 Å². The SMILES string of the molecule is Cc1ccc2sc(N(CC3CCCO3)C(=O)c3cccc(Oc4ccccc4)c3)nc2c1C. The number of hydrogen-bond acceptors (Lipinski definition) is 5. The van der Waals surface area contributed by atoms with E-state index in [9.17, 15) is 4.79 Å². The van der Waals surface area contributed by atoms with Crippen LogP contribution in [0.1, 0.15) is 34.3 Å². The van der Waals surface area contributed by atoms with Crippen molar-refractivity contribution >= 4 is 32.6 Å². The normalized spacial score (nSPS) is 15.6. The fourth-order valence-electron chi connectivity index (χ4n) is 4.04. The maximum atomic E-state index is 13.7. The molecule has 3 aromatic carbocycles. The highest BCUT2D eigenvalue weighted by Gasteiger charge is 2.27. The molecule has 0 aliphatic carbocycles. The van der Waals surface area contributed by atoms with Gasteiger partial charge >= 0.3 is 0 Å². The van der Waals surface area contributed by atoms with Crippen LogP contribution >= 0.6 is 11.3 Å². The number of fused-ring (bicyclic) bond motifs is 1. The topological polar surface area (TPSA) is 51.7 Å². The number of nitrogens with zero attached hydrogens (tertiary/aromatic N) is 2. The van der Waals surface area contributed by atoms with E-state index >= 15 is 0 Å². The van der Waals surface area contributed by atoms with Crippen LogP contribution in [0.25, 0.3) is 10.2 Å². The third-order valence-corrected chi connectivity index (χ3v) is 7.06. The highest BCUT2D eigenvalue weighted by Crippen LogP contribution is 2.34. The van der Waals surface area contributed by atoms with Crippen LogP contribution in [-0.4, -0.2) is 30.1 Å². The lowest BCUT2D eigenvalue weighted by Crippen LogP contribution is -2.37. The second-order valence-corrected chi connectivity index (χ2v) is 9.35. The van der Waals surface area contributed by atoms with Crippen molar-refractivity contribution < 1.29 is 14.3 Å². The number of carbonyl (C=O) groups excluding carboxylic acids is 1. The van der Waals surface area contributed by atoms with Crippen LogP contribution in [0, 0.1) is 13.8 Å². The highest BCUT2D eigenvalue weighted by atomic mass is 32.1. The average Bonchev–Trinajstić information content (AvgIpc) is 3.51. The first-order chi connectivity index (χ1) is 16.1. The fraction of sp³-hybridized carbons (Fsp3) is 0.259. The molecule has 6 heteroatoms. The van der Waals surface area contributed by atoms with Crippen LogP contribution in [0.4, 0.5) is 5.13 Å². The zero-order chi connectivity index (χ0) is 22.8. The largest absolute Gasteiger partial charge is 0.457 e. The Morgan fingerprint density at radius 3 is 2.70 bits per heavy atom. The molecule has 5 nitrogen and oxygen atoms in total. The van der Waals surface area contributed by atoms with E-state index in [1.165, 1.54) is 5.56 Å². The van der Waals surface area contributed by atoms with Crippen molar-refractivity contribution in [3.05, 3.63) is 83.4 Å². The van der Waals surface area contributed by atoms with Crippen molar-refractivity contribution in [3.63, 3.8) is 0 Å². The number of rotatable bonds is 6. The van der Waals surface area contributed by atoms with Gasteiger partial charge in [-0.3, -0.25) is 9.69 Å². The molecule has 0 radical (unpaired) electrons. The van der Waals surface area contributed by atoms with Crippen LogP contribution in [0.5, 0.6) is 11.5 Å². The van der Waals surface area contributed by atoms with Crippen molar-refractivity contribution in [2.24, 2.45) is 0 Å². The lowest BCUT2D eigenvalue weighted by atomic mass is 10.1. The number of anilines is 1. The zero-order valence-electron chi connectivity index (χ0n) is 18.8. The van der Waals surface area contributed by atoms with Crippen LogP contribution in [0.3, 0.4) is 0 Å². The van der Waals surface area contributed by atoms with Crippen LogP contribution in [0.15, 0.2) is 66.7 Å². The molecular formula is C27H26N2O3S. The first-order valence-corrected chi connectivity index (χ1v) is 12.0. The summed E-state index contributed by atoms with van der Waals surface area (Å²) >= 11 is 1.55. The van der Waals surface area contributed by atoms with E-state index in [1.54, 1.807) is 22.3 Å². The number of para-hydroxylation sites is 1. The first kappa shape index (κ1) is 21.6. The minimum atomic E-state index is -0.0996. The molecule has 1 aliphatic rings. The summed E-state index contributed by atoms with van der Waals surface area (Å²) in [6, 6.07) is 21.1. The molecule has 1 aromatic heterocycles. The van der Waals surface area contributed by atoms with Gasteiger partial charge in [-0.1, -0.05) is 41.7 Å². The smallest absolute Gasteiger partial charge is 0.260 e. The van der Waals surface area contributed by atoms with Gasteiger partial charge < -0.3 is 9.47 Å². The van der Waals surface area contributed by atoms with Crippen LogP contribution in [0.2, 0.25) is 0 Å². The van der Waals surface area contributed by atoms with Gasteiger partial charge in [0.15, 0.2) is 5.13 Å². The van der Waals surface area contributed by atoms with Gasteiger partial charge in [0, 0.05) is 12.2 Å². The maximum Gasteiger partial charge on any atom is 0.260 e. The molecule has 1 fully saturated rings. The number of hydrogen-bond donors (Lipinski definition) is 0. The van der Waals surface area contributed by atoms with Crippen molar-refractivity contribution in [1.82, 2.24) is 4.98 Å². The van der Waals surface area contributed by atoms with Gasteiger partial charge in [0.1, 0.15) is 11.5 Å². The number of thiazole rings is 1. The molecule has 1 aliphatic heterocycles. The van der Waals surface area contributed by atoms with Crippen molar-refractivity contribution in [2.45, 2.75) is 32.8 Å². The maximum absolute atomic E-state index is 13.7. The summed E-state index contributed by atoms with van der Waals surface area (Å²) in [5.74, 6) is 1.26. The minimum Gasteiger partial charge on any atom is -0.457 e. The standard InChI is InChI=1S/C27H26N2O3S/c1-18-13-14-24-25(19(18)2)28-27(33-24)29(17-23-12-7-15-31-23)26(30)20-8-6-11-22(16-20)32-21-9-4-3-5-10-21/h3-6,8-11,13-14,16,23H,7,12,15,17H2,1-2H3. The van der Waals surface area contributed by atoms with Gasteiger partial charge in [0.2, 0.25) is 0 Å². The van der Waals surface area contributed by atoms with E-state index in [1.807, 2.05) is 48.5 Å². The number of aryl methyl sites for hydroxylation is 2. The summed E-state index contributed by atoms with van der Waals surface area (Å²) in [4.78, 5) is 20.4. The first-order valence-electron chi connectivity index (χ1n) is 11.2. The van der Waals surface area contributed by atoms with E-state index in [4.69, 9.17) is 14.5 Å². The monoisotopic (exact) mass is 458 g/mol. The molecule has 4 aromatic rings. The predicted molar refractivity (Wildman–Crippen MR) is 133 cm³/mol. The highest BCUT2D eigenvalue weighted by molar-refractivity contribution is 7.22. The Bertz CT molecular complexity index is 1280. The third-order valence-electron chi connectivity index (χ3n) is 6.02. The molecule has 33 heavy (non-hydrogen) atoms. The lowest BCUT2D eigenvalue weighted by Gasteiger charge is -2.23. The predicted octanol–water partition coefficient (Wildman–Crippen LogP) is 6.53. The molecular weight excluding hydrogens is 432 g/mol. The van der Waals surface area contributed by atoms with Gasteiger partial charge in [0.25, 0.3) is 5.91 Å². The number of aromatic nitrogens is 1. The molecule has 0 saturated carbocycles. The van der Waals surface area contributed by atoms with Crippen molar-refractivity contribution in [1.29, 1.82) is 0 Å². The molecule has 0 N–H and O–H groups in total. The summed E-state index contributed by atoms with van der Waals surface area (Å²) < 4.78 is 12.9. The summed E-state index contributed by atoms with van der Waals surface area (Å²) in [5, 5.41) is 0.702. The number of benzene rings is 3. The summed E-state index contributed by atoms with van der Waals surface area (Å²) in [6.45, 7) is 5.39. The van der Waals surface area contributed by atoms with Gasteiger partial charge in [-0.05, 0) is 74.2 Å². The van der Waals surface area contributed by atoms with E-state index in [-0.39, 0.29) is 12.0 Å². The van der Waals surface area contributed by atoms with E-state index < -0.39 is 0 Å². The van der Waals surface area contributed by atoms with Gasteiger partial charge in [-0.25, -0.2) is 4.98 Å². The summed E-state index contributed by atoms with van der Waals surface area (Å²) in [5.41, 5.74) is 3.87. The Morgan fingerprint density at radius 1 is 1.09 bits per heavy atom. The molecule has 5 rings (SSSR count). The number of carbonyl (C=O) groups is 1.